The minimum Gasteiger partial charge on any atom is -0.478 e. The van der Waals surface area contributed by atoms with Crippen LogP contribution in [-0.4, -0.2) is 11.1 Å². The number of carboxylic acid groups (broad SMARTS) is 1. The fourth-order valence-corrected chi connectivity index (χ4v) is 1.09. The molecule has 0 bridgehead atoms. The summed E-state index contributed by atoms with van der Waals surface area (Å²) in [6.07, 6.45) is 2.49. The van der Waals surface area contributed by atoms with E-state index >= 15 is 0 Å². The molecule has 0 amide bonds. The summed E-state index contributed by atoms with van der Waals surface area (Å²) in [6, 6.07) is 4.91. The summed E-state index contributed by atoms with van der Waals surface area (Å²) in [5.41, 5.74) is 0.705. The van der Waals surface area contributed by atoms with Crippen molar-refractivity contribution in [2.24, 2.45) is 0 Å². The van der Waals surface area contributed by atoms with Gasteiger partial charge in [0, 0.05) is 28.5 Å². The van der Waals surface area contributed by atoms with Gasteiger partial charge in [-0.25, -0.2) is 4.79 Å². The number of hydrogen-bond acceptors (Lipinski definition) is 1. The Labute approximate surface area is 107 Å². The van der Waals surface area contributed by atoms with E-state index in [2.05, 4.69) is 0 Å². The van der Waals surface area contributed by atoms with Crippen molar-refractivity contribution in [3.05, 3.63) is 39.9 Å². The number of hydrogen-bond donors (Lipinski definition) is 1. The molecule has 0 aromatic heterocycles. The molecule has 79 valence electrons. The van der Waals surface area contributed by atoms with Crippen LogP contribution in [0, 0.1) is 0 Å². The molecule has 5 heteroatoms. The van der Waals surface area contributed by atoms with E-state index in [1.807, 2.05) is 0 Å². The molecule has 0 unspecified atom stereocenters. The van der Waals surface area contributed by atoms with Crippen molar-refractivity contribution < 1.29 is 32.3 Å². The molecule has 0 aliphatic carbocycles. The number of halogens is 2. The Bertz CT molecular complexity index is 364. The smallest absolute Gasteiger partial charge is 0.328 e. The molecule has 1 aromatic rings. The van der Waals surface area contributed by atoms with E-state index in [1.54, 1.807) is 18.2 Å². The third-order valence-electron chi connectivity index (χ3n) is 1.36. The second kappa shape index (κ2) is 6.27. The molecule has 0 saturated heterocycles. The van der Waals surface area contributed by atoms with E-state index < -0.39 is 5.97 Å². The number of aliphatic carboxylic acids is 1. The Hall–Kier alpha value is -0.250. The minimum absolute atomic E-state index is 0. The van der Waals surface area contributed by atoms with E-state index in [-0.39, 0.29) is 22.4 Å². The summed E-state index contributed by atoms with van der Waals surface area (Å²) >= 11 is 11.4. The molecule has 0 aliphatic rings. The molecule has 0 aliphatic heterocycles. The summed E-state index contributed by atoms with van der Waals surface area (Å²) in [6.45, 7) is 0. The van der Waals surface area contributed by atoms with Crippen LogP contribution in [0.2, 0.25) is 10.0 Å². The zero-order chi connectivity index (χ0) is 9.84. The monoisotopic (exact) mass is 323 g/mol. The summed E-state index contributed by atoms with van der Waals surface area (Å²) in [4.78, 5) is 10.2. The van der Waals surface area contributed by atoms with Crippen LogP contribution in [0.4, 0.5) is 0 Å². The zero-order valence-corrected chi connectivity index (χ0v) is 9.79. The van der Waals surface area contributed by atoms with Crippen LogP contribution in [0.3, 0.4) is 0 Å². The quantitative estimate of drug-likeness (QED) is 0.670. The second-order valence-electron chi connectivity index (χ2n) is 2.35. The maximum Gasteiger partial charge on any atom is 0.328 e. The molecule has 0 heterocycles. The van der Waals surface area contributed by atoms with Gasteiger partial charge in [0.05, 0.1) is 10.0 Å². The van der Waals surface area contributed by atoms with E-state index in [4.69, 9.17) is 28.3 Å². The van der Waals surface area contributed by atoms with E-state index in [0.29, 0.717) is 15.6 Å². The molecule has 1 N–H and O–H groups in total. The molecule has 14 heavy (non-hydrogen) atoms. The first-order valence-electron chi connectivity index (χ1n) is 3.45. The molecular formula is C9H6AgCl2O2. The van der Waals surface area contributed by atoms with Gasteiger partial charge < -0.3 is 5.11 Å². The average molecular weight is 325 g/mol. The van der Waals surface area contributed by atoms with Gasteiger partial charge in [0.2, 0.25) is 0 Å². The van der Waals surface area contributed by atoms with Gasteiger partial charge in [0.15, 0.2) is 0 Å². The van der Waals surface area contributed by atoms with E-state index in [1.165, 1.54) is 6.08 Å². The van der Waals surface area contributed by atoms with Crippen LogP contribution in [0.1, 0.15) is 5.56 Å². The van der Waals surface area contributed by atoms with Crippen LogP contribution in [0.15, 0.2) is 24.3 Å². The van der Waals surface area contributed by atoms with Gasteiger partial charge in [-0.15, -0.1) is 0 Å². The molecule has 0 atom stereocenters. The SMILES string of the molecule is O=C(O)/C=C/c1ccc(Cl)c(Cl)c1.[Ag]. The number of carbonyl (C=O) groups is 1. The van der Waals surface area contributed by atoms with Crippen LogP contribution in [0.5, 0.6) is 0 Å². The van der Waals surface area contributed by atoms with Crippen LogP contribution < -0.4 is 0 Å². The topological polar surface area (TPSA) is 37.3 Å². The maximum atomic E-state index is 10.2. The fourth-order valence-electron chi connectivity index (χ4n) is 0.784. The summed E-state index contributed by atoms with van der Waals surface area (Å²) in [7, 11) is 0. The Morgan fingerprint density at radius 2 is 1.93 bits per heavy atom. The Kier molecular flexibility index (Phi) is 6.16. The first kappa shape index (κ1) is 13.8. The Morgan fingerprint density at radius 1 is 1.29 bits per heavy atom. The van der Waals surface area contributed by atoms with Crippen molar-refractivity contribution in [1.82, 2.24) is 0 Å². The van der Waals surface area contributed by atoms with Gasteiger partial charge in [0.25, 0.3) is 0 Å². The van der Waals surface area contributed by atoms with Crippen molar-refractivity contribution in [3.8, 4) is 0 Å². The standard InChI is InChI=1S/C9H6Cl2O2.Ag/c10-7-3-1-6(5-8(7)11)2-4-9(12)13;/h1-5H,(H,12,13);/b4-2+;. The third-order valence-corrected chi connectivity index (χ3v) is 2.10. The predicted molar refractivity (Wildman–Crippen MR) is 53.1 cm³/mol. The van der Waals surface area contributed by atoms with Gasteiger partial charge in [-0.1, -0.05) is 29.3 Å². The van der Waals surface area contributed by atoms with Gasteiger partial charge in [-0.3, -0.25) is 0 Å². The molecular weight excluding hydrogens is 319 g/mol. The predicted octanol–water partition coefficient (Wildman–Crippen LogP) is 3.09. The minimum atomic E-state index is -0.994. The van der Waals surface area contributed by atoms with Crippen molar-refractivity contribution in [2.45, 2.75) is 0 Å². The first-order valence-corrected chi connectivity index (χ1v) is 4.21. The summed E-state index contributed by atoms with van der Waals surface area (Å²) in [5, 5.41) is 9.22. The summed E-state index contributed by atoms with van der Waals surface area (Å²) in [5.74, 6) is -0.994. The van der Waals surface area contributed by atoms with Gasteiger partial charge in [0.1, 0.15) is 0 Å². The molecule has 1 rings (SSSR count). The molecule has 1 aromatic carbocycles. The largest absolute Gasteiger partial charge is 0.478 e. The van der Waals surface area contributed by atoms with Crippen molar-refractivity contribution >= 4 is 35.2 Å². The van der Waals surface area contributed by atoms with Gasteiger partial charge in [-0.2, -0.15) is 0 Å². The number of rotatable bonds is 2. The third kappa shape index (κ3) is 4.31. The van der Waals surface area contributed by atoms with Crippen LogP contribution in [0.25, 0.3) is 6.08 Å². The van der Waals surface area contributed by atoms with Crippen molar-refractivity contribution in [1.29, 1.82) is 0 Å². The van der Waals surface area contributed by atoms with E-state index in [9.17, 15) is 4.79 Å². The molecule has 2 nitrogen and oxygen atoms in total. The average Bonchev–Trinajstić information content (AvgIpc) is 2.07. The molecule has 0 saturated carbocycles. The fraction of sp³-hybridized carbons (Fsp3) is 0. The maximum absolute atomic E-state index is 10.2. The van der Waals surface area contributed by atoms with E-state index in [0.717, 1.165) is 6.08 Å². The van der Waals surface area contributed by atoms with Crippen LogP contribution >= 0.6 is 23.2 Å². The molecule has 0 fully saturated rings. The Balaban J connectivity index is 0.00000169. The van der Waals surface area contributed by atoms with Crippen LogP contribution in [-0.2, 0) is 27.2 Å². The molecule has 0 spiro atoms. The first-order chi connectivity index (χ1) is 6.09. The van der Waals surface area contributed by atoms with Crippen molar-refractivity contribution in [3.63, 3.8) is 0 Å². The normalized spacial score (nSPS) is 9.86. The van der Waals surface area contributed by atoms with Gasteiger partial charge >= 0.3 is 5.97 Å². The molecule has 1 radical (unpaired) electrons. The number of benzene rings is 1. The second-order valence-corrected chi connectivity index (χ2v) is 3.16. The Morgan fingerprint density at radius 3 is 2.43 bits per heavy atom. The van der Waals surface area contributed by atoms with Crippen molar-refractivity contribution in [2.75, 3.05) is 0 Å². The number of carboxylic acids is 1. The summed E-state index contributed by atoms with van der Waals surface area (Å²) < 4.78 is 0. The zero-order valence-electron chi connectivity index (χ0n) is 6.80. The van der Waals surface area contributed by atoms with Gasteiger partial charge in [-0.05, 0) is 23.8 Å².